The molecule has 1 aliphatic rings. The van der Waals surface area contributed by atoms with Crippen LogP contribution in [0.3, 0.4) is 0 Å². The summed E-state index contributed by atoms with van der Waals surface area (Å²) in [6, 6.07) is 7.56. The maximum Gasteiger partial charge on any atom is 0.124 e. The number of nitrogens with zero attached hydrogens (tertiary/aromatic N) is 2. The van der Waals surface area contributed by atoms with Gasteiger partial charge in [-0.05, 0) is 37.9 Å². The zero-order valence-corrected chi connectivity index (χ0v) is 11.5. The molecule has 0 radical (unpaired) electrons. The third-order valence-electron chi connectivity index (χ3n) is 3.52. The van der Waals surface area contributed by atoms with Crippen molar-refractivity contribution in [2.75, 3.05) is 20.7 Å². The molecule has 4 heteroatoms. The molecule has 2 rings (SSSR count). The van der Waals surface area contributed by atoms with Gasteiger partial charge in [-0.1, -0.05) is 6.07 Å². The molecule has 102 valence electrons. The van der Waals surface area contributed by atoms with Gasteiger partial charge in [0.2, 0.25) is 0 Å². The Labute approximate surface area is 114 Å². The number of hydrogen-bond acceptors (Lipinski definition) is 4. The molecule has 0 aliphatic heterocycles. The van der Waals surface area contributed by atoms with Gasteiger partial charge in [-0.2, -0.15) is 5.26 Å². The summed E-state index contributed by atoms with van der Waals surface area (Å²) in [7, 11) is 3.60. The summed E-state index contributed by atoms with van der Waals surface area (Å²) in [6.07, 6.45) is 2.07. The molecule has 0 saturated heterocycles. The summed E-state index contributed by atoms with van der Waals surface area (Å²) >= 11 is 0. The first-order valence-electron chi connectivity index (χ1n) is 6.57. The number of likely N-dealkylation sites (N-methyl/N-ethyl adjacent to an activating group) is 1. The van der Waals surface area contributed by atoms with Gasteiger partial charge in [0.05, 0.1) is 24.8 Å². The molecule has 0 heterocycles. The lowest BCUT2D eigenvalue weighted by Crippen LogP contribution is -2.30. The highest BCUT2D eigenvalue weighted by Gasteiger charge is 2.30. The van der Waals surface area contributed by atoms with Gasteiger partial charge in [0.15, 0.2) is 0 Å². The van der Waals surface area contributed by atoms with Crippen molar-refractivity contribution in [1.29, 1.82) is 5.26 Å². The molecule has 0 bridgehead atoms. The van der Waals surface area contributed by atoms with Gasteiger partial charge < -0.3 is 9.84 Å². The molecule has 1 N–H and O–H groups in total. The van der Waals surface area contributed by atoms with E-state index in [1.54, 1.807) is 19.2 Å². The molecule has 1 fully saturated rings. The molecule has 0 amide bonds. The monoisotopic (exact) mass is 260 g/mol. The van der Waals surface area contributed by atoms with E-state index in [1.165, 1.54) is 0 Å². The lowest BCUT2D eigenvalue weighted by molar-refractivity contribution is 0.104. The van der Waals surface area contributed by atoms with Crippen LogP contribution in [0.1, 0.15) is 24.0 Å². The molecule has 1 aromatic carbocycles. The highest BCUT2D eigenvalue weighted by Crippen LogP contribution is 2.33. The number of nitriles is 1. The van der Waals surface area contributed by atoms with Crippen molar-refractivity contribution < 1.29 is 9.84 Å². The van der Waals surface area contributed by atoms with Crippen molar-refractivity contribution in [1.82, 2.24) is 4.90 Å². The number of hydrogen-bond donors (Lipinski definition) is 1. The number of benzene rings is 1. The Kier molecular flexibility index (Phi) is 4.41. The number of methoxy groups -OCH3 is 1. The Morgan fingerprint density at radius 2 is 2.26 bits per heavy atom. The topological polar surface area (TPSA) is 56.5 Å². The normalized spacial score (nSPS) is 16.2. The van der Waals surface area contributed by atoms with Crippen molar-refractivity contribution in [3.63, 3.8) is 0 Å². The van der Waals surface area contributed by atoms with Crippen LogP contribution in [0.15, 0.2) is 18.2 Å². The fourth-order valence-electron chi connectivity index (χ4n) is 2.25. The Morgan fingerprint density at radius 3 is 2.84 bits per heavy atom. The molecule has 1 atom stereocenters. The van der Waals surface area contributed by atoms with Crippen LogP contribution in [-0.4, -0.2) is 36.8 Å². The maximum atomic E-state index is 9.93. The average molecular weight is 260 g/mol. The average Bonchev–Trinajstić information content (AvgIpc) is 3.23. The van der Waals surface area contributed by atoms with Crippen molar-refractivity contribution in [2.24, 2.45) is 5.92 Å². The number of rotatable bonds is 6. The molecule has 1 saturated carbocycles. The van der Waals surface area contributed by atoms with Crippen LogP contribution in [-0.2, 0) is 6.54 Å². The van der Waals surface area contributed by atoms with Crippen molar-refractivity contribution in [2.45, 2.75) is 25.5 Å². The van der Waals surface area contributed by atoms with Crippen LogP contribution in [0.2, 0.25) is 0 Å². The first-order valence-corrected chi connectivity index (χ1v) is 6.57. The third-order valence-corrected chi connectivity index (χ3v) is 3.52. The predicted molar refractivity (Wildman–Crippen MR) is 72.8 cm³/mol. The van der Waals surface area contributed by atoms with Crippen molar-refractivity contribution >= 4 is 0 Å². The number of aliphatic hydroxyl groups excluding tert-OH is 1. The summed E-state index contributed by atoms with van der Waals surface area (Å²) in [5.41, 5.74) is 1.63. The minimum atomic E-state index is -0.227. The van der Waals surface area contributed by atoms with E-state index in [1.807, 2.05) is 13.1 Å². The van der Waals surface area contributed by atoms with Gasteiger partial charge in [-0.3, -0.25) is 4.90 Å². The van der Waals surface area contributed by atoms with Gasteiger partial charge in [0.1, 0.15) is 5.75 Å². The Bertz CT molecular complexity index is 478. The summed E-state index contributed by atoms with van der Waals surface area (Å²) < 4.78 is 5.31. The second-order valence-electron chi connectivity index (χ2n) is 5.24. The molecule has 1 aliphatic carbocycles. The van der Waals surface area contributed by atoms with E-state index in [0.29, 0.717) is 24.6 Å². The Morgan fingerprint density at radius 1 is 1.53 bits per heavy atom. The minimum absolute atomic E-state index is 0.227. The molecular weight excluding hydrogens is 240 g/mol. The third kappa shape index (κ3) is 3.69. The number of ether oxygens (including phenoxy) is 1. The van der Waals surface area contributed by atoms with Gasteiger partial charge >= 0.3 is 0 Å². The van der Waals surface area contributed by atoms with Gasteiger partial charge in [-0.25, -0.2) is 0 Å². The molecule has 1 aromatic rings. The van der Waals surface area contributed by atoms with Crippen LogP contribution >= 0.6 is 0 Å². The quantitative estimate of drug-likeness (QED) is 0.847. The number of aliphatic hydroxyl groups is 1. The lowest BCUT2D eigenvalue weighted by atomic mass is 10.1. The van der Waals surface area contributed by atoms with E-state index in [-0.39, 0.29) is 6.10 Å². The SMILES string of the molecule is COc1cc(C#N)ccc1CN(C)CC(O)C1CC1. The highest BCUT2D eigenvalue weighted by molar-refractivity contribution is 5.42. The Hall–Kier alpha value is -1.57. The summed E-state index contributed by atoms with van der Waals surface area (Å²) in [5, 5.41) is 18.8. The van der Waals surface area contributed by atoms with Crippen LogP contribution < -0.4 is 4.74 Å². The van der Waals surface area contributed by atoms with E-state index in [0.717, 1.165) is 24.2 Å². The van der Waals surface area contributed by atoms with E-state index < -0.39 is 0 Å². The smallest absolute Gasteiger partial charge is 0.124 e. The lowest BCUT2D eigenvalue weighted by Gasteiger charge is -2.21. The second-order valence-corrected chi connectivity index (χ2v) is 5.24. The largest absolute Gasteiger partial charge is 0.496 e. The van der Waals surface area contributed by atoms with E-state index in [2.05, 4.69) is 11.0 Å². The van der Waals surface area contributed by atoms with Crippen LogP contribution in [0.4, 0.5) is 0 Å². The zero-order valence-electron chi connectivity index (χ0n) is 11.5. The van der Waals surface area contributed by atoms with Crippen LogP contribution in [0.5, 0.6) is 5.75 Å². The first-order chi connectivity index (χ1) is 9.13. The molecule has 0 spiro atoms. The molecule has 1 unspecified atom stereocenters. The highest BCUT2D eigenvalue weighted by atomic mass is 16.5. The van der Waals surface area contributed by atoms with Gasteiger partial charge in [0, 0.05) is 18.7 Å². The van der Waals surface area contributed by atoms with Crippen molar-refractivity contribution in [3.8, 4) is 11.8 Å². The first kappa shape index (κ1) is 13.9. The molecular formula is C15H20N2O2. The summed E-state index contributed by atoms with van der Waals surface area (Å²) in [4.78, 5) is 2.09. The van der Waals surface area contributed by atoms with Gasteiger partial charge in [-0.15, -0.1) is 0 Å². The summed E-state index contributed by atoms with van der Waals surface area (Å²) in [5.74, 6) is 1.22. The van der Waals surface area contributed by atoms with Crippen molar-refractivity contribution in [3.05, 3.63) is 29.3 Å². The standard InChI is InChI=1S/C15H20N2O2/c1-17(10-14(18)12-5-6-12)9-13-4-3-11(8-16)7-15(13)19-2/h3-4,7,12,14,18H,5-6,9-10H2,1-2H3. The fraction of sp³-hybridized carbons (Fsp3) is 0.533. The van der Waals surface area contributed by atoms with E-state index in [4.69, 9.17) is 10.00 Å². The predicted octanol–water partition coefficient (Wildman–Crippen LogP) is 1.77. The van der Waals surface area contributed by atoms with E-state index >= 15 is 0 Å². The second kappa shape index (κ2) is 6.05. The van der Waals surface area contributed by atoms with E-state index in [9.17, 15) is 5.11 Å². The fourth-order valence-corrected chi connectivity index (χ4v) is 2.25. The molecule has 4 nitrogen and oxygen atoms in total. The van der Waals surface area contributed by atoms with Crippen LogP contribution in [0, 0.1) is 17.2 Å². The molecule has 19 heavy (non-hydrogen) atoms. The maximum absolute atomic E-state index is 9.93. The summed E-state index contributed by atoms with van der Waals surface area (Å²) in [6.45, 7) is 1.38. The van der Waals surface area contributed by atoms with Crippen LogP contribution in [0.25, 0.3) is 0 Å². The molecule has 0 aromatic heterocycles. The minimum Gasteiger partial charge on any atom is -0.496 e. The Balaban J connectivity index is 1.99. The van der Waals surface area contributed by atoms with Gasteiger partial charge in [0.25, 0.3) is 0 Å². The zero-order chi connectivity index (χ0) is 13.8.